The molecule has 0 radical (unpaired) electrons. The summed E-state index contributed by atoms with van der Waals surface area (Å²) in [6.07, 6.45) is 6.35. The zero-order valence-electron chi connectivity index (χ0n) is 16.5. The van der Waals surface area contributed by atoms with Crippen LogP contribution in [0.1, 0.15) is 43.2 Å². The van der Waals surface area contributed by atoms with Crippen LogP contribution in [-0.4, -0.2) is 41.3 Å². The van der Waals surface area contributed by atoms with Crippen LogP contribution < -0.4 is 4.90 Å². The summed E-state index contributed by atoms with van der Waals surface area (Å²) < 4.78 is 0. The molecule has 0 unspecified atom stereocenters. The lowest BCUT2D eigenvalue weighted by atomic mass is 9.71. The maximum absolute atomic E-state index is 13.7. The number of likely N-dealkylation sites (tertiary alicyclic amines) is 1. The molecule has 1 N–H and O–H groups in total. The van der Waals surface area contributed by atoms with Gasteiger partial charge in [0.05, 0.1) is 5.41 Å². The second-order valence-corrected chi connectivity index (χ2v) is 8.72. The van der Waals surface area contributed by atoms with Gasteiger partial charge in [-0.25, -0.2) is 0 Å². The van der Waals surface area contributed by atoms with Gasteiger partial charge in [0.25, 0.3) is 5.91 Å². The molecule has 2 aromatic rings. The van der Waals surface area contributed by atoms with Crippen LogP contribution in [0.4, 0.5) is 5.69 Å². The van der Waals surface area contributed by atoms with Gasteiger partial charge in [-0.15, -0.1) is 0 Å². The molecular weight excluding hydrogens is 348 g/mol. The van der Waals surface area contributed by atoms with Gasteiger partial charge in [-0.05, 0) is 36.5 Å². The van der Waals surface area contributed by atoms with Gasteiger partial charge in [0.1, 0.15) is 0 Å². The maximum Gasteiger partial charge on any atom is 0.277 e. The predicted octanol–water partition coefficient (Wildman–Crippen LogP) is 3.48. The van der Waals surface area contributed by atoms with Crippen molar-refractivity contribution in [1.29, 1.82) is 0 Å². The van der Waals surface area contributed by atoms with Crippen molar-refractivity contribution in [2.45, 2.75) is 55.7 Å². The molecule has 1 saturated carbocycles. The number of fused-ring (bicyclic) bond motifs is 3. The highest BCUT2D eigenvalue weighted by molar-refractivity contribution is 5.97. The Morgan fingerprint density at radius 1 is 1.00 bits per heavy atom. The summed E-state index contributed by atoms with van der Waals surface area (Å²) in [6, 6.07) is 18.7. The van der Waals surface area contributed by atoms with Crippen LogP contribution in [0, 0.1) is 0 Å². The van der Waals surface area contributed by atoms with E-state index in [0.717, 1.165) is 29.7 Å². The molecule has 5 rings (SSSR count). The van der Waals surface area contributed by atoms with Crippen molar-refractivity contribution < 1.29 is 9.90 Å². The molecule has 2 aliphatic heterocycles. The molecule has 0 aromatic heterocycles. The normalized spacial score (nSPS) is 29.9. The highest BCUT2D eigenvalue weighted by Gasteiger charge is 2.71. The number of amides is 1. The maximum atomic E-state index is 13.7. The van der Waals surface area contributed by atoms with Crippen LogP contribution in [0.15, 0.2) is 54.6 Å². The zero-order chi connectivity index (χ0) is 19.4. The number of para-hydroxylation sites is 1. The van der Waals surface area contributed by atoms with Crippen molar-refractivity contribution in [2.75, 3.05) is 18.5 Å². The van der Waals surface area contributed by atoms with Crippen LogP contribution in [0.2, 0.25) is 0 Å². The Labute approximate surface area is 166 Å². The van der Waals surface area contributed by atoms with E-state index in [4.69, 9.17) is 0 Å². The molecule has 1 saturated heterocycles. The second-order valence-electron chi connectivity index (χ2n) is 8.72. The van der Waals surface area contributed by atoms with Gasteiger partial charge in [-0.2, -0.15) is 0 Å². The van der Waals surface area contributed by atoms with E-state index >= 15 is 0 Å². The van der Waals surface area contributed by atoms with E-state index in [9.17, 15) is 9.90 Å². The number of anilines is 1. The lowest BCUT2D eigenvalue weighted by Gasteiger charge is -2.37. The summed E-state index contributed by atoms with van der Waals surface area (Å²) in [5.41, 5.74) is 1.05. The van der Waals surface area contributed by atoms with Crippen LogP contribution in [0.25, 0.3) is 0 Å². The zero-order valence-corrected chi connectivity index (χ0v) is 16.5. The smallest absolute Gasteiger partial charge is 0.277 e. The molecule has 1 amide bonds. The number of aliphatic hydroxyl groups is 1. The summed E-state index contributed by atoms with van der Waals surface area (Å²) in [4.78, 5) is 17.6. The average molecular weight is 377 g/mol. The monoisotopic (exact) mass is 376 g/mol. The van der Waals surface area contributed by atoms with E-state index < -0.39 is 11.1 Å². The Kier molecular flexibility index (Phi) is 4.02. The Morgan fingerprint density at radius 2 is 1.68 bits per heavy atom. The highest BCUT2D eigenvalue weighted by Crippen LogP contribution is 2.56. The molecular formula is C24H28N2O2. The standard InChI is InChI=1S/C24H28N2O2/c1-25-21-15-9-8-14-20(21)23(16-18-10-4-2-5-11-18)17-26(22(27)24(23,25)28)19-12-6-3-7-13-19/h2,4-5,8-11,14-15,19,28H,3,6-7,12-13,16-17H2,1H3/t23-,24+/m1/s1. The predicted molar refractivity (Wildman–Crippen MR) is 110 cm³/mol. The van der Waals surface area contributed by atoms with Gasteiger partial charge in [0, 0.05) is 25.3 Å². The van der Waals surface area contributed by atoms with Gasteiger partial charge in [-0.1, -0.05) is 67.8 Å². The lowest BCUT2D eigenvalue weighted by Crippen LogP contribution is -2.60. The number of likely N-dealkylation sites (N-methyl/N-ethyl adjacent to an activating group) is 1. The van der Waals surface area contributed by atoms with Crippen molar-refractivity contribution >= 4 is 11.6 Å². The lowest BCUT2D eigenvalue weighted by molar-refractivity contribution is -0.147. The third kappa shape index (κ3) is 2.24. The minimum absolute atomic E-state index is 0.117. The summed E-state index contributed by atoms with van der Waals surface area (Å²) in [6.45, 7) is 0.587. The van der Waals surface area contributed by atoms with Gasteiger partial charge < -0.3 is 14.9 Å². The first-order valence-corrected chi connectivity index (χ1v) is 10.5. The number of hydrogen-bond donors (Lipinski definition) is 1. The van der Waals surface area contributed by atoms with Crippen molar-refractivity contribution in [2.24, 2.45) is 0 Å². The molecule has 1 aliphatic carbocycles. The first-order valence-electron chi connectivity index (χ1n) is 10.5. The Morgan fingerprint density at radius 3 is 2.43 bits per heavy atom. The summed E-state index contributed by atoms with van der Waals surface area (Å²) in [5, 5.41) is 12.0. The van der Waals surface area contributed by atoms with Crippen molar-refractivity contribution in [1.82, 2.24) is 4.90 Å². The van der Waals surface area contributed by atoms with Gasteiger partial charge in [-0.3, -0.25) is 4.79 Å². The molecule has 4 nitrogen and oxygen atoms in total. The largest absolute Gasteiger partial charge is 0.362 e. The molecule has 146 valence electrons. The molecule has 0 bridgehead atoms. The van der Waals surface area contributed by atoms with Gasteiger partial charge in [0.2, 0.25) is 5.72 Å². The quantitative estimate of drug-likeness (QED) is 0.892. The van der Waals surface area contributed by atoms with Gasteiger partial charge >= 0.3 is 0 Å². The van der Waals surface area contributed by atoms with E-state index in [1.165, 1.54) is 19.3 Å². The van der Waals surface area contributed by atoms with Crippen molar-refractivity contribution in [3.8, 4) is 0 Å². The Balaban J connectivity index is 1.65. The molecule has 2 atom stereocenters. The number of benzene rings is 2. The van der Waals surface area contributed by atoms with Crippen LogP contribution in [0.5, 0.6) is 0 Å². The van der Waals surface area contributed by atoms with Crippen LogP contribution >= 0.6 is 0 Å². The highest BCUT2D eigenvalue weighted by atomic mass is 16.3. The van der Waals surface area contributed by atoms with Crippen molar-refractivity contribution in [3.63, 3.8) is 0 Å². The summed E-state index contributed by atoms with van der Waals surface area (Å²) >= 11 is 0. The first kappa shape index (κ1) is 17.7. The number of rotatable bonds is 3. The third-order valence-electron chi connectivity index (χ3n) is 7.30. The molecule has 4 heteroatoms. The SMILES string of the molecule is CN1c2ccccc2[C@@]2(Cc3ccccc3)CN(C3CCCCC3)C(=O)[C@@]12O. The second kappa shape index (κ2) is 6.35. The Bertz CT molecular complexity index is 892. The fourth-order valence-corrected chi connectivity index (χ4v) is 5.87. The third-order valence-corrected chi connectivity index (χ3v) is 7.30. The average Bonchev–Trinajstić information content (AvgIpc) is 3.08. The molecule has 2 aromatic carbocycles. The van der Waals surface area contributed by atoms with Crippen LogP contribution in [0.3, 0.4) is 0 Å². The fraction of sp³-hybridized carbons (Fsp3) is 0.458. The fourth-order valence-electron chi connectivity index (χ4n) is 5.87. The molecule has 0 spiro atoms. The minimum Gasteiger partial charge on any atom is -0.362 e. The van der Waals surface area contributed by atoms with Gasteiger partial charge in [0.15, 0.2) is 0 Å². The molecule has 28 heavy (non-hydrogen) atoms. The van der Waals surface area contributed by atoms with E-state index in [1.807, 2.05) is 53.2 Å². The van der Waals surface area contributed by atoms with E-state index in [0.29, 0.717) is 13.0 Å². The first-order chi connectivity index (χ1) is 13.6. The van der Waals surface area contributed by atoms with E-state index in [-0.39, 0.29) is 11.9 Å². The molecule has 2 heterocycles. The van der Waals surface area contributed by atoms with E-state index in [1.54, 1.807) is 0 Å². The number of carbonyl (C=O) groups excluding carboxylic acids is 1. The molecule has 2 fully saturated rings. The topological polar surface area (TPSA) is 43.8 Å². The summed E-state index contributed by atoms with van der Waals surface area (Å²) in [7, 11) is 1.87. The number of hydrogen-bond acceptors (Lipinski definition) is 3. The summed E-state index contributed by atoms with van der Waals surface area (Å²) in [5.74, 6) is -0.117. The minimum atomic E-state index is -1.52. The number of carbonyl (C=O) groups is 1. The van der Waals surface area contributed by atoms with Crippen molar-refractivity contribution in [3.05, 3.63) is 65.7 Å². The van der Waals surface area contributed by atoms with Crippen LogP contribution in [-0.2, 0) is 16.6 Å². The molecule has 3 aliphatic rings. The Hall–Kier alpha value is -2.33. The van der Waals surface area contributed by atoms with E-state index in [2.05, 4.69) is 18.2 Å². The number of nitrogens with zero attached hydrogens (tertiary/aromatic N) is 2.